The number of aromatic nitrogens is 1. The third-order valence-electron chi connectivity index (χ3n) is 2.95. The molecule has 110 valence electrons. The number of halogens is 2. The molecule has 0 radical (unpaired) electrons. The van der Waals surface area contributed by atoms with Crippen molar-refractivity contribution in [1.29, 1.82) is 0 Å². The monoisotopic (exact) mass is 376 g/mol. The van der Waals surface area contributed by atoms with Crippen molar-refractivity contribution in [3.63, 3.8) is 0 Å². The summed E-state index contributed by atoms with van der Waals surface area (Å²) < 4.78 is 13.8. The number of hydrogen-bond acceptors (Lipinski definition) is 3. The fraction of sp³-hybridized carbons (Fsp3) is 0. The Labute approximate surface area is 139 Å². The molecule has 0 unspecified atom stereocenters. The molecule has 0 saturated heterocycles. The van der Waals surface area contributed by atoms with Gasteiger partial charge < -0.3 is 0 Å². The molecule has 0 fully saturated rings. The van der Waals surface area contributed by atoms with Crippen molar-refractivity contribution >= 4 is 38.3 Å². The second-order valence-electron chi connectivity index (χ2n) is 4.51. The van der Waals surface area contributed by atoms with Crippen LogP contribution in [-0.2, 0) is 0 Å². The maximum atomic E-state index is 12.9. The molecule has 3 rings (SSSR count). The largest absolute Gasteiger partial charge is 0.298 e. The highest BCUT2D eigenvalue weighted by Gasteiger charge is 2.10. The number of nitrogens with one attached hydrogen (secondary N) is 1. The minimum absolute atomic E-state index is 0.221. The van der Waals surface area contributed by atoms with E-state index in [0.717, 1.165) is 10.0 Å². The molecule has 3 nitrogen and oxygen atoms in total. The van der Waals surface area contributed by atoms with Crippen LogP contribution >= 0.6 is 27.3 Å². The van der Waals surface area contributed by atoms with Crippen LogP contribution in [0.1, 0.15) is 10.4 Å². The third-order valence-corrected chi connectivity index (χ3v) is 4.20. The summed E-state index contributed by atoms with van der Waals surface area (Å²) in [6.45, 7) is 0. The SMILES string of the molecule is O=C(Nc1nc(-c2ccc(F)cc2)cs1)c1cccc(Br)c1. The van der Waals surface area contributed by atoms with Crippen molar-refractivity contribution in [2.75, 3.05) is 5.32 Å². The van der Waals surface area contributed by atoms with E-state index in [4.69, 9.17) is 0 Å². The van der Waals surface area contributed by atoms with E-state index in [9.17, 15) is 9.18 Å². The van der Waals surface area contributed by atoms with Crippen molar-refractivity contribution < 1.29 is 9.18 Å². The Bertz CT molecular complexity index is 817. The molecule has 6 heteroatoms. The fourth-order valence-electron chi connectivity index (χ4n) is 1.88. The highest BCUT2D eigenvalue weighted by molar-refractivity contribution is 9.10. The zero-order valence-corrected chi connectivity index (χ0v) is 13.6. The van der Waals surface area contributed by atoms with E-state index in [0.29, 0.717) is 16.4 Å². The molecular weight excluding hydrogens is 367 g/mol. The number of nitrogens with zero attached hydrogens (tertiary/aromatic N) is 1. The number of carbonyl (C=O) groups excluding carboxylic acids is 1. The zero-order chi connectivity index (χ0) is 15.5. The van der Waals surface area contributed by atoms with Gasteiger partial charge in [0, 0.05) is 21.0 Å². The smallest absolute Gasteiger partial charge is 0.257 e. The standard InChI is InChI=1S/C16H10BrFN2OS/c17-12-3-1-2-11(8-12)15(21)20-16-19-14(9-22-16)10-4-6-13(18)7-5-10/h1-9H,(H,19,20,21). The van der Waals surface area contributed by atoms with Crippen LogP contribution in [-0.4, -0.2) is 10.9 Å². The molecule has 0 spiro atoms. The van der Waals surface area contributed by atoms with Crippen LogP contribution in [0.5, 0.6) is 0 Å². The summed E-state index contributed by atoms with van der Waals surface area (Å²) in [5, 5.41) is 5.09. The van der Waals surface area contributed by atoms with Gasteiger partial charge >= 0.3 is 0 Å². The minimum atomic E-state index is -0.290. The zero-order valence-electron chi connectivity index (χ0n) is 11.2. The number of hydrogen-bond donors (Lipinski definition) is 1. The molecule has 1 aromatic heterocycles. The van der Waals surface area contributed by atoms with Gasteiger partial charge in [-0.05, 0) is 42.5 Å². The van der Waals surface area contributed by atoms with E-state index < -0.39 is 0 Å². The molecule has 2 aromatic carbocycles. The lowest BCUT2D eigenvalue weighted by molar-refractivity contribution is 0.102. The molecule has 1 amide bonds. The van der Waals surface area contributed by atoms with Crippen molar-refractivity contribution in [3.05, 3.63) is 69.8 Å². The Morgan fingerprint density at radius 3 is 2.68 bits per heavy atom. The van der Waals surface area contributed by atoms with Gasteiger partial charge in [0.25, 0.3) is 5.91 Å². The molecule has 22 heavy (non-hydrogen) atoms. The fourth-order valence-corrected chi connectivity index (χ4v) is 3.00. The lowest BCUT2D eigenvalue weighted by Crippen LogP contribution is -2.11. The van der Waals surface area contributed by atoms with Crippen LogP contribution in [0.4, 0.5) is 9.52 Å². The van der Waals surface area contributed by atoms with E-state index in [1.807, 2.05) is 11.4 Å². The molecule has 3 aromatic rings. The van der Waals surface area contributed by atoms with Crippen LogP contribution in [0, 0.1) is 5.82 Å². The summed E-state index contributed by atoms with van der Waals surface area (Å²) >= 11 is 4.66. The highest BCUT2D eigenvalue weighted by atomic mass is 79.9. The molecule has 1 N–H and O–H groups in total. The van der Waals surface area contributed by atoms with E-state index in [2.05, 4.69) is 26.2 Å². The molecule has 0 aliphatic carbocycles. The lowest BCUT2D eigenvalue weighted by atomic mass is 10.2. The quantitative estimate of drug-likeness (QED) is 0.701. The first-order chi connectivity index (χ1) is 10.6. The number of benzene rings is 2. The summed E-state index contributed by atoms with van der Waals surface area (Å²) in [6.07, 6.45) is 0. The first-order valence-electron chi connectivity index (χ1n) is 6.40. The van der Waals surface area contributed by atoms with Crippen molar-refractivity contribution in [2.24, 2.45) is 0 Å². The van der Waals surface area contributed by atoms with Gasteiger partial charge in [0.05, 0.1) is 5.69 Å². The minimum Gasteiger partial charge on any atom is -0.298 e. The Kier molecular flexibility index (Phi) is 4.31. The number of carbonyl (C=O) groups is 1. The van der Waals surface area contributed by atoms with Gasteiger partial charge in [0.15, 0.2) is 5.13 Å². The van der Waals surface area contributed by atoms with E-state index in [1.165, 1.54) is 23.5 Å². The van der Waals surface area contributed by atoms with Crippen molar-refractivity contribution in [3.8, 4) is 11.3 Å². The first-order valence-corrected chi connectivity index (χ1v) is 8.07. The van der Waals surface area contributed by atoms with E-state index in [1.54, 1.807) is 30.3 Å². The molecule has 0 atom stereocenters. The average Bonchev–Trinajstić information content (AvgIpc) is 2.96. The van der Waals surface area contributed by atoms with Gasteiger partial charge in [-0.2, -0.15) is 0 Å². The maximum Gasteiger partial charge on any atom is 0.257 e. The van der Waals surface area contributed by atoms with Gasteiger partial charge in [-0.3, -0.25) is 10.1 Å². The van der Waals surface area contributed by atoms with E-state index >= 15 is 0 Å². The number of anilines is 1. The Balaban J connectivity index is 1.77. The summed E-state index contributed by atoms with van der Waals surface area (Å²) in [5.74, 6) is -0.511. The average molecular weight is 377 g/mol. The lowest BCUT2D eigenvalue weighted by Gasteiger charge is -2.02. The Morgan fingerprint density at radius 1 is 1.18 bits per heavy atom. The molecule has 0 saturated carbocycles. The van der Waals surface area contributed by atoms with Crippen molar-refractivity contribution in [1.82, 2.24) is 4.98 Å². The predicted octanol–water partition coefficient (Wildman–Crippen LogP) is 4.96. The Hall–Kier alpha value is -2.05. The highest BCUT2D eigenvalue weighted by Crippen LogP contribution is 2.25. The number of rotatable bonds is 3. The topological polar surface area (TPSA) is 42.0 Å². The number of thiazole rings is 1. The summed E-state index contributed by atoms with van der Waals surface area (Å²) in [6, 6.07) is 13.2. The van der Waals surface area contributed by atoms with Gasteiger partial charge in [0.2, 0.25) is 0 Å². The van der Waals surface area contributed by atoms with Gasteiger partial charge in [-0.15, -0.1) is 11.3 Å². The number of amides is 1. The molecule has 0 aliphatic rings. The second-order valence-corrected chi connectivity index (χ2v) is 6.28. The summed E-state index contributed by atoms with van der Waals surface area (Å²) in [7, 11) is 0. The molecule has 0 aliphatic heterocycles. The van der Waals surface area contributed by atoms with Crippen molar-refractivity contribution in [2.45, 2.75) is 0 Å². The first kappa shape index (κ1) is 14.9. The van der Waals surface area contributed by atoms with E-state index in [-0.39, 0.29) is 11.7 Å². The van der Waals surface area contributed by atoms with Crippen LogP contribution in [0.15, 0.2) is 58.4 Å². The Morgan fingerprint density at radius 2 is 1.95 bits per heavy atom. The molecule has 1 heterocycles. The normalized spacial score (nSPS) is 10.5. The van der Waals surface area contributed by atoms with Crippen LogP contribution in [0.25, 0.3) is 11.3 Å². The third kappa shape index (κ3) is 3.40. The maximum absolute atomic E-state index is 12.9. The predicted molar refractivity (Wildman–Crippen MR) is 89.6 cm³/mol. The molecular formula is C16H10BrFN2OS. The summed E-state index contributed by atoms with van der Waals surface area (Å²) in [4.78, 5) is 16.5. The molecule has 0 bridgehead atoms. The van der Waals surface area contributed by atoms with Gasteiger partial charge in [-0.25, -0.2) is 9.37 Å². The van der Waals surface area contributed by atoms with Gasteiger partial charge in [0.1, 0.15) is 5.82 Å². The van der Waals surface area contributed by atoms with Crippen LogP contribution < -0.4 is 5.32 Å². The summed E-state index contributed by atoms with van der Waals surface area (Å²) in [5.41, 5.74) is 2.06. The van der Waals surface area contributed by atoms with Gasteiger partial charge in [-0.1, -0.05) is 22.0 Å². The second kappa shape index (κ2) is 6.37. The van der Waals surface area contributed by atoms with Crippen LogP contribution in [0.3, 0.4) is 0 Å². The van der Waals surface area contributed by atoms with Crippen LogP contribution in [0.2, 0.25) is 0 Å².